The molecule has 0 spiro atoms. The van der Waals surface area contributed by atoms with Gasteiger partial charge in [-0.2, -0.15) is 0 Å². The zero-order chi connectivity index (χ0) is 7.84. The molecule has 6 heteroatoms. The molecule has 0 atom stereocenters. The quantitative estimate of drug-likeness (QED) is 0.546. The highest BCUT2D eigenvalue weighted by Crippen LogP contribution is 2.24. The zero-order valence-electron chi connectivity index (χ0n) is 5.65. The van der Waals surface area contributed by atoms with Crippen LogP contribution in [0.1, 0.15) is 5.69 Å². The smallest absolute Gasteiger partial charge is 0.321 e. The van der Waals surface area contributed by atoms with Crippen LogP contribution in [0.4, 0.5) is 10.7 Å². The number of carbonyl (C=O) groups is 1. The lowest BCUT2D eigenvalue weighted by molar-refractivity contribution is 0.252. The molecule has 6 nitrogen and oxygen atoms in total. The van der Waals surface area contributed by atoms with Crippen molar-refractivity contribution >= 4 is 11.9 Å². The third-order valence-corrected chi connectivity index (χ3v) is 1.62. The lowest BCUT2D eigenvalue weighted by Gasteiger charge is -2.07. The van der Waals surface area contributed by atoms with Crippen molar-refractivity contribution in [3.8, 4) is 0 Å². The molecule has 1 aliphatic rings. The Morgan fingerprint density at radius 1 is 1.73 bits per heavy atom. The van der Waals surface area contributed by atoms with E-state index in [1.165, 1.54) is 4.90 Å². The first kappa shape index (κ1) is 6.14. The van der Waals surface area contributed by atoms with Crippen molar-refractivity contribution in [1.29, 1.82) is 0 Å². The van der Waals surface area contributed by atoms with Crippen LogP contribution in [0.25, 0.3) is 0 Å². The average molecular weight is 154 g/mol. The topological polar surface area (TPSA) is 85.3 Å². The first-order valence-corrected chi connectivity index (χ1v) is 3.17. The molecule has 0 saturated carbocycles. The molecule has 0 aromatic carbocycles. The van der Waals surface area contributed by atoms with E-state index in [0.717, 1.165) is 0 Å². The maximum atomic E-state index is 10.7. The molecular formula is C5H6N4O2. The van der Waals surface area contributed by atoms with Gasteiger partial charge in [0.25, 0.3) is 5.88 Å². The third-order valence-electron chi connectivity index (χ3n) is 1.62. The summed E-state index contributed by atoms with van der Waals surface area (Å²) < 4.78 is 4.71. The third kappa shape index (κ3) is 0.754. The Bertz CT molecular complexity index is 294. The molecular weight excluding hydrogens is 148 g/mol. The molecule has 1 aromatic heterocycles. The minimum Gasteiger partial charge on any atom is -0.351 e. The number of nitrogens with zero attached hydrogens (tertiary/aromatic N) is 3. The minimum absolute atomic E-state index is 0.387. The maximum Gasteiger partial charge on any atom is 0.321 e. The summed E-state index contributed by atoms with van der Waals surface area (Å²) in [4.78, 5) is 12.0. The molecule has 11 heavy (non-hydrogen) atoms. The molecule has 2 rings (SSSR count). The molecule has 0 radical (unpaired) electrons. The van der Waals surface area contributed by atoms with Gasteiger partial charge in [-0.25, -0.2) is 4.79 Å². The summed E-state index contributed by atoms with van der Waals surface area (Å²) in [7, 11) is 0. The van der Waals surface area contributed by atoms with Crippen LogP contribution in [0.5, 0.6) is 0 Å². The van der Waals surface area contributed by atoms with Crippen molar-refractivity contribution in [2.45, 2.75) is 6.42 Å². The fourth-order valence-corrected chi connectivity index (χ4v) is 1.10. The second kappa shape index (κ2) is 1.94. The van der Waals surface area contributed by atoms with Gasteiger partial charge in [0.1, 0.15) is 5.69 Å². The lowest BCUT2D eigenvalue weighted by Crippen LogP contribution is -2.33. The van der Waals surface area contributed by atoms with E-state index in [0.29, 0.717) is 24.5 Å². The van der Waals surface area contributed by atoms with Gasteiger partial charge in [-0.1, -0.05) is 0 Å². The lowest BCUT2D eigenvalue weighted by atomic mass is 10.4. The van der Waals surface area contributed by atoms with Crippen molar-refractivity contribution in [2.75, 3.05) is 11.4 Å². The molecule has 0 saturated heterocycles. The molecule has 1 aliphatic heterocycles. The van der Waals surface area contributed by atoms with Crippen molar-refractivity contribution in [2.24, 2.45) is 5.73 Å². The molecule has 2 N–H and O–H groups in total. The van der Waals surface area contributed by atoms with Crippen molar-refractivity contribution in [3.05, 3.63) is 5.69 Å². The molecule has 2 heterocycles. The summed E-state index contributed by atoms with van der Waals surface area (Å²) in [6.07, 6.45) is 0.668. The Balaban J connectivity index is 2.38. The summed E-state index contributed by atoms with van der Waals surface area (Å²) in [6.45, 7) is 0.541. The Hall–Kier alpha value is -1.59. The van der Waals surface area contributed by atoms with Crippen LogP contribution in [0.3, 0.4) is 0 Å². The molecule has 58 valence electrons. The highest BCUT2D eigenvalue weighted by Gasteiger charge is 2.28. The number of urea groups is 1. The van der Waals surface area contributed by atoms with Crippen LogP contribution in [0, 0.1) is 0 Å². The van der Waals surface area contributed by atoms with Crippen LogP contribution in [-0.2, 0) is 6.42 Å². The summed E-state index contributed by atoms with van der Waals surface area (Å²) in [5.41, 5.74) is 5.74. The standard InChI is InChI=1S/C5H6N4O2/c6-5(10)9-2-1-3-4(9)11-8-7-3/h1-2H2,(H2,6,10). The van der Waals surface area contributed by atoms with E-state index in [1.54, 1.807) is 0 Å². The first-order valence-electron chi connectivity index (χ1n) is 3.17. The zero-order valence-corrected chi connectivity index (χ0v) is 5.65. The molecule has 1 aromatic rings. The SMILES string of the molecule is NC(=O)N1CCc2nnoc21. The van der Waals surface area contributed by atoms with Gasteiger partial charge in [-0.15, -0.1) is 5.10 Å². The van der Waals surface area contributed by atoms with Crippen LogP contribution in [-0.4, -0.2) is 22.9 Å². The van der Waals surface area contributed by atoms with E-state index in [2.05, 4.69) is 10.4 Å². The van der Waals surface area contributed by atoms with Gasteiger partial charge >= 0.3 is 6.03 Å². The fourth-order valence-electron chi connectivity index (χ4n) is 1.10. The van der Waals surface area contributed by atoms with E-state index >= 15 is 0 Å². The molecule has 0 bridgehead atoms. The van der Waals surface area contributed by atoms with Crippen molar-refractivity contribution in [1.82, 2.24) is 10.4 Å². The number of hydrogen-bond donors (Lipinski definition) is 1. The molecule has 0 aliphatic carbocycles. The Morgan fingerprint density at radius 2 is 2.55 bits per heavy atom. The number of fused-ring (bicyclic) bond motifs is 1. The van der Waals surface area contributed by atoms with Crippen LogP contribution in [0.15, 0.2) is 4.52 Å². The fraction of sp³-hybridized carbons (Fsp3) is 0.400. The van der Waals surface area contributed by atoms with Gasteiger partial charge < -0.3 is 10.3 Å². The number of anilines is 1. The van der Waals surface area contributed by atoms with E-state index in [1.807, 2.05) is 0 Å². The van der Waals surface area contributed by atoms with Gasteiger partial charge in [-0.3, -0.25) is 4.90 Å². The van der Waals surface area contributed by atoms with Crippen LogP contribution in [0.2, 0.25) is 0 Å². The Morgan fingerprint density at radius 3 is 3.27 bits per heavy atom. The molecule has 2 amide bonds. The average Bonchev–Trinajstić information content (AvgIpc) is 2.41. The summed E-state index contributed by atoms with van der Waals surface area (Å²) >= 11 is 0. The molecule has 0 unspecified atom stereocenters. The number of hydrogen-bond acceptors (Lipinski definition) is 4. The summed E-state index contributed by atoms with van der Waals surface area (Å²) in [6, 6.07) is -0.526. The number of rotatable bonds is 0. The van der Waals surface area contributed by atoms with E-state index in [9.17, 15) is 4.79 Å². The highest BCUT2D eigenvalue weighted by atomic mass is 16.5. The van der Waals surface area contributed by atoms with Crippen molar-refractivity contribution < 1.29 is 9.32 Å². The number of amides is 2. The minimum atomic E-state index is -0.526. The number of aromatic nitrogens is 2. The largest absolute Gasteiger partial charge is 0.351 e. The number of nitrogens with two attached hydrogens (primary N) is 1. The van der Waals surface area contributed by atoms with Crippen LogP contribution >= 0.6 is 0 Å². The van der Waals surface area contributed by atoms with E-state index in [-0.39, 0.29) is 0 Å². The van der Waals surface area contributed by atoms with E-state index < -0.39 is 6.03 Å². The number of primary amides is 1. The van der Waals surface area contributed by atoms with Crippen molar-refractivity contribution in [3.63, 3.8) is 0 Å². The monoisotopic (exact) mass is 154 g/mol. The van der Waals surface area contributed by atoms with Crippen LogP contribution < -0.4 is 10.6 Å². The van der Waals surface area contributed by atoms with Gasteiger partial charge in [0.05, 0.1) is 0 Å². The predicted molar refractivity (Wildman–Crippen MR) is 34.9 cm³/mol. The van der Waals surface area contributed by atoms with Gasteiger partial charge in [0.15, 0.2) is 0 Å². The number of carbonyl (C=O) groups excluding carboxylic acids is 1. The predicted octanol–water partition coefficient (Wildman–Crippen LogP) is -0.489. The van der Waals surface area contributed by atoms with E-state index in [4.69, 9.17) is 10.3 Å². The summed E-state index contributed by atoms with van der Waals surface area (Å²) in [5, 5.41) is 6.97. The second-order valence-electron chi connectivity index (χ2n) is 2.26. The summed E-state index contributed by atoms with van der Waals surface area (Å²) in [5.74, 6) is 0.387. The van der Waals surface area contributed by atoms with Gasteiger partial charge in [0.2, 0.25) is 0 Å². The Labute approximate surface area is 61.9 Å². The maximum absolute atomic E-state index is 10.7. The normalized spacial score (nSPS) is 15.1. The second-order valence-corrected chi connectivity index (χ2v) is 2.26. The first-order chi connectivity index (χ1) is 5.29. The Kier molecular flexibility index (Phi) is 1.09. The van der Waals surface area contributed by atoms with Gasteiger partial charge in [-0.05, 0) is 0 Å². The highest BCUT2D eigenvalue weighted by molar-refractivity contribution is 5.90. The van der Waals surface area contributed by atoms with Gasteiger partial charge in [0, 0.05) is 18.2 Å². The molecule has 0 fully saturated rings.